The van der Waals surface area contributed by atoms with Crippen LogP contribution in [0.2, 0.25) is 0 Å². The van der Waals surface area contributed by atoms with Crippen LogP contribution in [-0.2, 0) is 0 Å². The Morgan fingerprint density at radius 3 is 2.29 bits per heavy atom. The summed E-state index contributed by atoms with van der Waals surface area (Å²) < 4.78 is 1.07. The molecule has 0 unspecified atom stereocenters. The van der Waals surface area contributed by atoms with Crippen LogP contribution in [0.1, 0.15) is 13.3 Å². The van der Waals surface area contributed by atoms with Crippen LogP contribution in [-0.4, -0.2) is 16.1 Å². The summed E-state index contributed by atoms with van der Waals surface area (Å²) in [4.78, 5) is 0. The van der Waals surface area contributed by atoms with Gasteiger partial charge in [0, 0.05) is 11.0 Å². The monoisotopic (exact) mass is 214 g/mol. The van der Waals surface area contributed by atoms with Crippen LogP contribution in [0.15, 0.2) is 0 Å². The Hall–Kier alpha value is 0.690. The van der Waals surface area contributed by atoms with Gasteiger partial charge in [-0.05, 0) is 5.92 Å². The molecule has 0 saturated carbocycles. The number of hydrogen-bond acceptors (Lipinski definition) is 1. The molecule has 0 radical (unpaired) electrons. The van der Waals surface area contributed by atoms with Crippen LogP contribution < -0.4 is 0 Å². The van der Waals surface area contributed by atoms with Gasteiger partial charge in [0.1, 0.15) is 0 Å². The second kappa shape index (κ2) is 4.84. The van der Waals surface area contributed by atoms with E-state index in [9.17, 15) is 0 Å². The predicted octanol–water partition coefficient (Wildman–Crippen LogP) is 1.44. The van der Waals surface area contributed by atoms with Gasteiger partial charge in [0.15, 0.2) is 0 Å². The quantitative estimate of drug-likeness (QED) is 0.556. The van der Waals surface area contributed by atoms with Gasteiger partial charge in [-0.25, -0.2) is 0 Å². The molecule has 7 heavy (non-hydrogen) atoms. The predicted molar refractivity (Wildman–Crippen MR) is 39.8 cm³/mol. The molecule has 0 spiro atoms. The van der Waals surface area contributed by atoms with Gasteiger partial charge in [-0.3, -0.25) is 0 Å². The van der Waals surface area contributed by atoms with Crippen molar-refractivity contribution in [1.29, 1.82) is 0 Å². The fourth-order valence-corrected chi connectivity index (χ4v) is 1.19. The van der Waals surface area contributed by atoms with E-state index < -0.39 is 0 Å². The van der Waals surface area contributed by atoms with E-state index in [1.54, 1.807) is 0 Å². The Balaban J connectivity index is 2.99. The first kappa shape index (κ1) is 7.69. The fraction of sp³-hybridized carbons (Fsp3) is 1.00. The molecule has 44 valence electrons. The molecular weight excluding hydrogens is 203 g/mol. The lowest BCUT2D eigenvalue weighted by atomic mass is 10.1. The zero-order valence-corrected chi connectivity index (χ0v) is 6.68. The Morgan fingerprint density at radius 2 is 2.29 bits per heavy atom. The summed E-state index contributed by atoms with van der Waals surface area (Å²) in [6.45, 7) is 2.44. The molecule has 1 atom stereocenters. The first-order chi connectivity index (χ1) is 3.35. The van der Waals surface area contributed by atoms with Gasteiger partial charge in [-0.15, -0.1) is 0 Å². The van der Waals surface area contributed by atoms with Crippen molar-refractivity contribution >= 4 is 22.6 Å². The molecule has 0 fully saturated rings. The highest BCUT2D eigenvalue weighted by Gasteiger charge is 1.98. The maximum Gasteiger partial charge on any atom is 0.0466 e. The van der Waals surface area contributed by atoms with Crippen LogP contribution in [0.5, 0.6) is 0 Å². The van der Waals surface area contributed by atoms with Crippen LogP contribution in [0, 0.1) is 5.92 Å². The van der Waals surface area contributed by atoms with E-state index in [1.165, 1.54) is 0 Å². The SMILES string of the molecule is CC[C@@H](CO)CI. The lowest BCUT2D eigenvalue weighted by Crippen LogP contribution is -2.04. The van der Waals surface area contributed by atoms with E-state index in [4.69, 9.17) is 5.11 Å². The van der Waals surface area contributed by atoms with E-state index in [0.717, 1.165) is 10.8 Å². The highest BCUT2D eigenvalue weighted by atomic mass is 127. The van der Waals surface area contributed by atoms with Gasteiger partial charge >= 0.3 is 0 Å². The van der Waals surface area contributed by atoms with Gasteiger partial charge in [0.2, 0.25) is 0 Å². The van der Waals surface area contributed by atoms with Crippen LogP contribution >= 0.6 is 22.6 Å². The third-order valence-corrected chi connectivity index (χ3v) is 2.30. The van der Waals surface area contributed by atoms with Gasteiger partial charge < -0.3 is 5.11 Å². The van der Waals surface area contributed by atoms with Crippen LogP contribution in [0.4, 0.5) is 0 Å². The largest absolute Gasteiger partial charge is 0.396 e. The first-order valence-corrected chi connectivity index (χ1v) is 4.04. The molecule has 0 aromatic rings. The number of aliphatic hydroxyl groups excluding tert-OH is 1. The Morgan fingerprint density at radius 1 is 1.71 bits per heavy atom. The molecule has 0 rings (SSSR count). The topological polar surface area (TPSA) is 20.2 Å². The average Bonchev–Trinajstić information content (AvgIpc) is 1.72. The number of hydrogen-bond donors (Lipinski definition) is 1. The van der Waals surface area contributed by atoms with Crippen molar-refractivity contribution in [3.8, 4) is 0 Å². The molecule has 0 heterocycles. The van der Waals surface area contributed by atoms with Crippen molar-refractivity contribution in [2.45, 2.75) is 13.3 Å². The number of alkyl halides is 1. The average molecular weight is 214 g/mol. The van der Waals surface area contributed by atoms with E-state index >= 15 is 0 Å². The van der Waals surface area contributed by atoms with Gasteiger partial charge in [-0.2, -0.15) is 0 Å². The minimum absolute atomic E-state index is 0.347. The van der Waals surface area contributed by atoms with Crippen molar-refractivity contribution in [1.82, 2.24) is 0 Å². The lowest BCUT2D eigenvalue weighted by Gasteiger charge is -2.03. The minimum atomic E-state index is 0.347. The van der Waals surface area contributed by atoms with Crippen molar-refractivity contribution in [2.75, 3.05) is 11.0 Å². The summed E-state index contributed by atoms with van der Waals surface area (Å²) in [5, 5.41) is 8.52. The standard InChI is InChI=1S/C5H11IO/c1-2-5(3-6)4-7/h5,7H,2-4H2,1H3/t5-/m1/s1. The zero-order chi connectivity index (χ0) is 5.70. The van der Waals surface area contributed by atoms with Crippen molar-refractivity contribution in [2.24, 2.45) is 5.92 Å². The molecule has 1 nitrogen and oxygen atoms in total. The molecule has 0 saturated heterocycles. The van der Waals surface area contributed by atoms with Gasteiger partial charge in [0.05, 0.1) is 0 Å². The lowest BCUT2D eigenvalue weighted by molar-refractivity contribution is 0.238. The van der Waals surface area contributed by atoms with E-state index in [2.05, 4.69) is 29.5 Å². The highest BCUT2D eigenvalue weighted by Crippen LogP contribution is 2.03. The molecule has 0 aliphatic rings. The Labute approximate surface area is 58.3 Å². The van der Waals surface area contributed by atoms with Gasteiger partial charge in [-0.1, -0.05) is 35.9 Å². The van der Waals surface area contributed by atoms with E-state index in [-0.39, 0.29) is 0 Å². The Bertz CT molecular complexity index is 29.6. The summed E-state index contributed by atoms with van der Waals surface area (Å²) in [7, 11) is 0. The molecule has 0 aliphatic heterocycles. The smallest absolute Gasteiger partial charge is 0.0466 e. The second-order valence-electron chi connectivity index (χ2n) is 1.61. The van der Waals surface area contributed by atoms with Crippen molar-refractivity contribution in [3.05, 3.63) is 0 Å². The highest BCUT2D eigenvalue weighted by molar-refractivity contribution is 14.1. The normalized spacial score (nSPS) is 14.1. The number of aliphatic hydroxyl groups is 1. The summed E-state index contributed by atoms with van der Waals surface area (Å²) in [5.41, 5.74) is 0. The third-order valence-electron chi connectivity index (χ3n) is 1.05. The molecular formula is C5H11IO. The molecule has 0 aliphatic carbocycles. The first-order valence-electron chi connectivity index (χ1n) is 2.52. The van der Waals surface area contributed by atoms with Crippen LogP contribution in [0.25, 0.3) is 0 Å². The molecule has 2 heteroatoms. The zero-order valence-electron chi connectivity index (χ0n) is 4.52. The summed E-state index contributed by atoms with van der Waals surface area (Å²) >= 11 is 2.29. The molecule has 0 amide bonds. The molecule has 0 aromatic carbocycles. The second-order valence-corrected chi connectivity index (χ2v) is 2.49. The number of halogens is 1. The maximum absolute atomic E-state index is 8.52. The van der Waals surface area contributed by atoms with E-state index in [1.807, 2.05) is 0 Å². The Kier molecular flexibility index (Phi) is 5.32. The minimum Gasteiger partial charge on any atom is -0.396 e. The molecule has 0 bridgehead atoms. The van der Waals surface area contributed by atoms with Crippen molar-refractivity contribution in [3.63, 3.8) is 0 Å². The maximum atomic E-state index is 8.52. The molecule has 0 aromatic heterocycles. The molecule has 1 N–H and O–H groups in total. The summed E-state index contributed by atoms with van der Waals surface area (Å²) in [6, 6.07) is 0. The fourth-order valence-electron chi connectivity index (χ4n) is 0.287. The number of rotatable bonds is 3. The summed E-state index contributed by atoms with van der Waals surface area (Å²) in [6.07, 6.45) is 1.10. The third kappa shape index (κ3) is 3.29. The van der Waals surface area contributed by atoms with Crippen molar-refractivity contribution < 1.29 is 5.11 Å². The van der Waals surface area contributed by atoms with Crippen LogP contribution in [0.3, 0.4) is 0 Å². The van der Waals surface area contributed by atoms with Gasteiger partial charge in [0.25, 0.3) is 0 Å². The summed E-state index contributed by atoms with van der Waals surface area (Å²) in [5.74, 6) is 0.528. The van der Waals surface area contributed by atoms with E-state index in [0.29, 0.717) is 12.5 Å².